The summed E-state index contributed by atoms with van der Waals surface area (Å²) >= 11 is 0. The first-order valence-electron chi connectivity index (χ1n) is 8.55. The van der Waals surface area contributed by atoms with Gasteiger partial charge >= 0.3 is 0 Å². The monoisotopic (exact) mass is 377 g/mol. The lowest BCUT2D eigenvalue weighted by atomic mass is 10.1. The van der Waals surface area contributed by atoms with Crippen LogP contribution in [0.2, 0.25) is 0 Å². The molecular formula is C18H18F3N5O. The van der Waals surface area contributed by atoms with Crippen LogP contribution >= 0.6 is 0 Å². The zero-order valence-electron chi connectivity index (χ0n) is 14.5. The molecule has 9 heteroatoms. The zero-order chi connectivity index (χ0) is 19.0. The van der Waals surface area contributed by atoms with Gasteiger partial charge in [0.1, 0.15) is 23.3 Å². The third-order valence-corrected chi connectivity index (χ3v) is 4.61. The predicted molar refractivity (Wildman–Crippen MR) is 94.7 cm³/mol. The van der Waals surface area contributed by atoms with Gasteiger partial charge in [-0.15, -0.1) is 0 Å². The van der Waals surface area contributed by atoms with Gasteiger partial charge < -0.3 is 15.4 Å². The molecule has 6 nitrogen and oxygen atoms in total. The van der Waals surface area contributed by atoms with Crippen molar-refractivity contribution in [1.29, 1.82) is 0 Å². The first kappa shape index (κ1) is 17.6. The summed E-state index contributed by atoms with van der Waals surface area (Å²) in [5, 5.41) is 5.80. The third kappa shape index (κ3) is 3.30. The van der Waals surface area contributed by atoms with E-state index in [1.165, 1.54) is 13.3 Å². The van der Waals surface area contributed by atoms with E-state index in [1.54, 1.807) is 22.7 Å². The molecule has 2 N–H and O–H groups in total. The summed E-state index contributed by atoms with van der Waals surface area (Å²) in [7, 11) is 1.53. The largest absolute Gasteiger partial charge is 0.497 e. The normalized spacial score (nSPS) is 20.0. The van der Waals surface area contributed by atoms with Gasteiger partial charge in [-0.05, 0) is 19.0 Å². The number of ether oxygens (including phenoxy) is 1. The predicted octanol–water partition coefficient (Wildman–Crippen LogP) is 2.80. The van der Waals surface area contributed by atoms with Crippen LogP contribution in [0.15, 0.2) is 30.6 Å². The molecule has 27 heavy (non-hydrogen) atoms. The first-order chi connectivity index (χ1) is 13.1. The molecule has 0 spiro atoms. The standard InChI is InChI=1S/C18H18F3N5O/c1-27-10-3-5-26-15(9-23-16(26)6-10)17-12(20)7-13(21)18(25-17)24-14-8-22-4-2-11(14)19/h3,5-7,9,11,14,22H,2,4,8H2,1H3,(H,24,25)/t11-,14-/m0/s1. The van der Waals surface area contributed by atoms with Crippen molar-refractivity contribution >= 4 is 11.5 Å². The van der Waals surface area contributed by atoms with Crippen molar-refractivity contribution in [1.82, 2.24) is 19.7 Å². The number of aromatic nitrogens is 3. The molecule has 0 aliphatic carbocycles. The van der Waals surface area contributed by atoms with Gasteiger partial charge in [-0.25, -0.2) is 23.1 Å². The van der Waals surface area contributed by atoms with Crippen LogP contribution in [0.4, 0.5) is 19.0 Å². The Hall–Kier alpha value is -2.81. The minimum atomic E-state index is -1.13. The summed E-state index contributed by atoms with van der Waals surface area (Å²) in [6, 6.07) is 3.49. The van der Waals surface area contributed by atoms with Crippen molar-refractivity contribution in [2.45, 2.75) is 18.6 Å². The Kier molecular flexibility index (Phi) is 4.61. The average Bonchev–Trinajstić information content (AvgIpc) is 3.08. The Morgan fingerprint density at radius 2 is 2.15 bits per heavy atom. The number of fused-ring (bicyclic) bond motifs is 1. The summed E-state index contributed by atoms with van der Waals surface area (Å²) in [4.78, 5) is 8.30. The highest BCUT2D eigenvalue weighted by molar-refractivity contribution is 5.63. The molecule has 4 heterocycles. The van der Waals surface area contributed by atoms with Crippen molar-refractivity contribution in [2.75, 3.05) is 25.5 Å². The molecule has 0 unspecified atom stereocenters. The second-order valence-corrected chi connectivity index (χ2v) is 6.35. The molecule has 1 aliphatic heterocycles. The van der Waals surface area contributed by atoms with E-state index in [-0.39, 0.29) is 11.5 Å². The second kappa shape index (κ2) is 7.07. The highest BCUT2D eigenvalue weighted by Crippen LogP contribution is 2.27. The minimum absolute atomic E-state index is 0.0734. The molecule has 0 aromatic carbocycles. The SMILES string of the molecule is COc1ccn2c(-c3nc(N[C@H]4CNCC[C@@H]4F)c(F)cc3F)cnc2c1. The van der Waals surface area contributed by atoms with Gasteiger partial charge in [-0.3, -0.25) is 4.40 Å². The Balaban J connectivity index is 1.73. The Morgan fingerprint density at radius 3 is 2.93 bits per heavy atom. The van der Waals surface area contributed by atoms with E-state index in [9.17, 15) is 13.2 Å². The molecule has 0 saturated carbocycles. The Bertz CT molecular complexity index is 977. The van der Waals surface area contributed by atoms with Gasteiger partial charge in [0.2, 0.25) is 0 Å². The van der Waals surface area contributed by atoms with Gasteiger partial charge in [-0.1, -0.05) is 0 Å². The zero-order valence-corrected chi connectivity index (χ0v) is 14.5. The number of alkyl halides is 1. The molecule has 1 aliphatic rings. The van der Waals surface area contributed by atoms with Crippen LogP contribution in [0.1, 0.15) is 6.42 Å². The number of hydrogen-bond donors (Lipinski definition) is 2. The number of anilines is 1. The fraction of sp³-hybridized carbons (Fsp3) is 0.333. The molecule has 0 radical (unpaired) electrons. The van der Waals surface area contributed by atoms with Gasteiger partial charge in [0.05, 0.1) is 25.0 Å². The van der Waals surface area contributed by atoms with Crippen molar-refractivity contribution in [3.63, 3.8) is 0 Å². The molecule has 1 fully saturated rings. The topological polar surface area (TPSA) is 63.5 Å². The van der Waals surface area contributed by atoms with E-state index in [1.807, 2.05) is 0 Å². The minimum Gasteiger partial charge on any atom is -0.497 e. The molecule has 4 rings (SSSR count). The van der Waals surface area contributed by atoms with Crippen molar-refractivity contribution in [3.05, 3.63) is 42.2 Å². The summed E-state index contributed by atoms with van der Waals surface area (Å²) in [5.41, 5.74) is 0.812. The van der Waals surface area contributed by atoms with E-state index in [0.717, 1.165) is 6.07 Å². The number of piperidine rings is 1. The molecule has 0 bridgehead atoms. The number of nitrogens with one attached hydrogen (secondary N) is 2. The number of hydrogen-bond acceptors (Lipinski definition) is 5. The molecule has 142 valence electrons. The van der Waals surface area contributed by atoms with Gasteiger partial charge in [0, 0.05) is 24.9 Å². The summed E-state index contributed by atoms with van der Waals surface area (Å²) < 4.78 is 49.5. The number of methoxy groups -OCH3 is 1. The summed E-state index contributed by atoms with van der Waals surface area (Å²) in [6.45, 7) is 0.902. The molecule has 0 amide bonds. The van der Waals surface area contributed by atoms with Crippen LogP contribution in [0.25, 0.3) is 17.0 Å². The molecule has 3 aromatic rings. The van der Waals surface area contributed by atoms with Crippen LogP contribution in [0, 0.1) is 11.6 Å². The maximum atomic E-state index is 14.4. The molecule has 3 aromatic heterocycles. The first-order valence-corrected chi connectivity index (χ1v) is 8.55. The van der Waals surface area contributed by atoms with E-state index in [2.05, 4.69) is 20.6 Å². The number of imidazole rings is 1. The molecule has 1 saturated heterocycles. The quantitative estimate of drug-likeness (QED) is 0.732. The highest BCUT2D eigenvalue weighted by Gasteiger charge is 2.26. The smallest absolute Gasteiger partial charge is 0.168 e. The average molecular weight is 377 g/mol. The van der Waals surface area contributed by atoms with Crippen LogP contribution in [-0.2, 0) is 0 Å². The lowest BCUT2D eigenvalue weighted by Gasteiger charge is -2.28. The van der Waals surface area contributed by atoms with Gasteiger partial charge in [-0.2, -0.15) is 0 Å². The lowest BCUT2D eigenvalue weighted by molar-refractivity contribution is 0.240. The lowest BCUT2D eigenvalue weighted by Crippen LogP contribution is -2.46. The summed E-state index contributed by atoms with van der Waals surface area (Å²) in [6.07, 6.45) is 2.30. The van der Waals surface area contributed by atoms with Crippen LogP contribution in [0.5, 0.6) is 5.75 Å². The third-order valence-electron chi connectivity index (χ3n) is 4.61. The number of pyridine rings is 2. The van der Waals surface area contributed by atoms with Crippen molar-refractivity contribution < 1.29 is 17.9 Å². The van der Waals surface area contributed by atoms with Gasteiger partial charge in [0.25, 0.3) is 0 Å². The van der Waals surface area contributed by atoms with E-state index in [0.29, 0.717) is 36.6 Å². The Labute approximate surface area is 153 Å². The Morgan fingerprint density at radius 1 is 1.30 bits per heavy atom. The highest BCUT2D eigenvalue weighted by atomic mass is 19.1. The maximum absolute atomic E-state index is 14.4. The van der Waals surface area contributed by atoms with E-state index < -0.39 is 23.8 Å². The van der Waals surface area contributed by atoms with Crippen LogP contribution < -0.4 is 15.4 Å². The van der Waals surface area contributed by atoms with E-state index >= 15 is 0 Å². The van der Waals surface area contributed by atoms with E-state index in [4.69, 9.17) is 4.74 Å². The molecular weight excluding hydrogens is 359 g/mol. The van der Waals surface area contributed by atoms with Crippen molar-refractivity contribution in [2.24, 2.45) is 0 Å². The van der Waals surface area contributed by atoms with Crippen LogP contribution in [-0.4, -0.2) is 46.8 Å². The fourth-order valence-corrected chi connectivity index (χ4v) is 3.16. The molecule has 2 atom stereocenters. The number of rotatable bonds is 4. The number of nitrogens with zero attached hydrogens (tertiary/aromatic N) is 3. The fourth-order valence-electron chi connectivity index (χ4n) is 3.16. The van der Waals surface area contributed by atoms with Crippen molar-refractivity contribution in [3.8, 4) is 17.1 Å². The van der Waals surface area contributed by atoms with Gasteiger partial charge in [0.15, 0.2) is 17.5 Å². The maximum Gasteiger partial charge on any atom is 0.168 e. The number of halogens is 3. The summed E-state index contributed by atoms with van der Waals surface area (Å²) in [5.74, 6) is -1.28. The van der Waals surface area contributed by atoms with Crippen LogP contribution in [0.3, 0.4) is 0 Å². The second-order valence-electron chi connectivity index (χ2n) is 6.35.